The van der Waals surface area contributed by atoms with Gasteiger partial charge in [-0.05, 0) is 37.1 Å². The lowest BCUT2D eigenvalue weighted by Crippen LogP contribution is -2.35. The zero-order chi connectivity index (χ0) is 16.5. The Morgan fingerprint density at radius 3 is 2.79 bits per heavy atom. The molecule has 0 saturated carbocycles. The van der Waals surface area contributed by atoms with Crippen LogP contribution in [0, 0.1) is 0 Å². The summed E-state index contributed by atoms with van der Waals surface area (Å²) >= 11 is 1.76. The van der Waals surface area contributed by atoms with Crippen molar-refractivity contribution in [2.75, 3.05) is 18.0 Å². The van der Waals surface area contributed by atoms with Gasteiger partial charge in [0.1, 0.15) is 0 Å². The molecular formula is C19H18N2O2S. The first-order valence-electron chi connectivity index (χ1n) is 8.15. The van der Waals surface area contributed by atoms with Gasteiger partial charge in [0.2, 0.25) is 0 Å². The molecule has 2 aromatic carbocycles. The molecule has 4 rings (SSSR count). The Balaban J connectivity index is 1.63. The van der Waals surface area contributed by atoms with E-state index in [9.17, 15) is 9.90 Å². The van der Waals surface area contributed by atoms with Crippen molar-refractivity contribution in [2.45, 2.75) is 18.8 Å². The molecule has 1 fully saturated rings. The predicted octanol–water partition coefficient (Wildman–Crippen LogP) is 4.38. The van der Waals surface area contributed by atoms with Gasteiger partial charge < -0.3 is 10.0 Å². The van der Waals surface area contributed by atoms with E-state index in [-0.39, 0.29) is 0 Å². The van der Waals surface area contributed by atoms with E-state index in [2.05, 4.69) is 17.0 Å². The average Bonchev–Trinajstić information content (AvgIpc) is 3.06. The van der Waals surface area contributed by atoms with Crippen LogP contribution in [0.3, 0.4) is 0 Å². The number of piperidine rings is 1. The van der Waals surface area contributed by atoms with Crippen molar-refractivity contribution in [3.63, 3.8) is 0 Å². The number of anilines is 1. The first-order valence-corrected chi connectivity index (χ1v) is 8.97. The zero-order valence-corrected chi connectivity index (χ0v) is 14.0. The molecule has 0 radical (unpaired) electrons. The maximum atomic E-state index is 11.5. The van der Waals surface area contributed by atoms with E-state index >= 15 is 0 Å². The van der Waals surface area contributed by atoms with Crippen LogP contribution in [0.25, 0.3) is 10.2 Å². The van der Waals surface area contributed by atoms with Gasteiger partial charge in [-0.15, -0.1) is 11.3 Å². The predicted molar refractivity (Wildman–Crippen MR) is 97.2 cm³/mol. The van der Waals surface area contributed by atoms with Crippen LogP contribution in [0.1, 0.15) is 34.1 Å². The van der Waals surface area contributed by atoms with Crippen LogP contribution in [0.4, 0.5) is 5.69 Å². The van der Waals surface area contributed by atoms with Gasteiger partial charge in [-0.25, -0.2) is 9.78 Å². The molecule has 24 heavy (non-hydrogen) atoms. The minimum Gasteiger partial charge on any atom is -0.478 e. The SMILES string of the molecule is O=C(O)c1ccccc1N1CCCC(c2nc3ccccc3s2)C1. The molecular weight excluding hydrogens is 320 g/mol. The van der Waals surface area contributed by atoms with Crippen LogP contribution >= 0.6 is 11.3 Å². The first kappa shape index (κ1) is 15.1. The van der Waals surface area contributed by atoms with E-state index < -0.39 is 5.97 Å². The number of rotatable bonds is 3. The standard InChI is InChI=1S/C19H18N2O2S/c22-19(23)14-7-1-3-9-16(14)21-11-5-6-13(12-21)18-20-15-8-2-4-10-17(15)24-18/h1-4,7-10,13H,5-6,11-12H2,(H,22,23). The maximum Gasteiger partial charge on any atom is 0.337 e. The zero-order valence-electron chi connectivity index (χ0n) is 13.2. The highest BCUT2D eigenvalue weighted by Gasteiger charge is 2.26. The van der Waals surface area contributed by atoms with E-state index in [1.165, 1.54) is 4.70 Å². The summed E-state index contributed by atoms with van der Waals surface area (Å²) in [6.07, 6.45) is 2.15. The molecule has 0 aliphatic carbocycles. The number of para-hydroxylation sites is 2. The quantitative estimate of drug-likeness (QED) is 0.770. The van der Waals surface area contributed by atoms with Crippen LogP contribution < -0.4 is 4.90 Å². The molecule has 1 aliphatic rings. The molecule has 122 valence electrons. The van der Waals surface area contributed by atoms with Crippen LogP contribution in [0.2, 0.25) is 0 Å². The molecule has 1 saturated heterocycles. The lowest BCUT2D eigenvalue weighted by Gasteiger charge is -2.34. The monoisotopic (exact) mass is 338 g/mol. The summed E-state index contributed by atoms with van der Waals surface area (Å²) in [6, 6.07) is 15.5. The highest BCUT2D eigenvalue weighted by molar-refractivity contribution is 7.18. The third-order valence-electron chi connectivity index (χ3n) is 4.56. The number of benzene rings is 2. The van der Waals surface area contributed by atoms with Gasteiger partial charge in [0, 0.05) is 19.0 Å². The Bertz CT molecular complexity index is 857. The second kappa shape index (κ2) is 6.24. The van der Waals surface area contributed by atoms with Crippen LogP contribution in [0.5, 0.6) is 0 Å². The molecule has 0 bridgehead atoms. The van der Waals surface area contributed by atoms with E-state index in [4.69, 9.17) is 4.98 Å². The molecule has 1 unspecified atom stereocenters. The largest absolute Gasteiger partial charge is 0.478 e. The number of carboxylic acid groups (broad SMARTS) is 1. The fourth-order valence-corrected chi connectivity index (χ4v) is 4.49. The third-order valence-corrected chi connectivity index (χ3v) is 5.76. The Hall–Kier alpha value is -2.40. The number of thiazole rings is 1. The Morgan fingerprint density at radius 1 is 1.17 bits per heavy atom. The second-order valence-corrected chi connectivity index (χ2v) is 7.19. The number of aromatic nitrogens is 1. The van der Waals surface area contributed by atoms with Crippen molar-refractivity contribution in [2.24, 2.45) is 0 Å². The van der Waals surface area contributed by atoms with Crippen molar-refractivity contribution in [3.05, 3.63) is 59.1 Å². The fraction of sp³-hybridized carbons (Fsp3) is 0.263. The normalized spacial score (nSPS) is 18.0. The number of carbonyl (C=O) groups is 1. The highest BCUT2D eigenvalue weighted by Crippen LogP contribution is 2.35. The van der Waals surface area contributed by atoms with Gasteiger partial charge in [-0.2, -0.15) is 0 Å². The second-order valence-electron chi connectivity index (χ2n) is 6.13. The number of hydrogen-bond acceptors (Lipinski definition) is 4. The number of nitrogens with zero attached hydrogens (tertiary/aromatic N) is 2. The van der Waals surface area contributed by atoms with Gasteiger partial charge in [-0.3, -0.25) is 0 Å². The van der Waals surface area contributed by atoms with Gasteiger partial charge in [0.05, 0.1) is 26.5 Å². The topological polar surface area (TPSA) is 53.4 Å². The van der Waals surface area contributed by atoms with Gasteiger partial charge in [0.25, 0.3) is 0 Å². The fourth-order valence-electron chi connectivity index (χ4n) is 3.39. The molecule has 0 amide bonds. The number of carboxylic acids is 1. The van der Waals surface area contributed by atoms with E-state index in [0.717, 1.165) is 42.1 Å². The summed E-state index contributed by atoms with van der Waals surface area (Å²) in [5, 5.41) is 10.6. The number of hydrogen-bond donors (Lipinski definition) is 1. The molecule has 1 atom stereocenters. The molecule has 5 heteroatoms. The molecule has 2 heterocycles. The summed E-state index contributed by atoms with van der Waals surface area (Å²) in [7, 11) is 0. The van der Waals surface area contributed by atoms with Crippen LogP contribution in [0.15, 0.2) is 48.5 Å². The summed E-state index contributed by atoms with van der Waals surface area (Å²) in [5.74, 6) is -0.509. The van der Waals surface area contributed by atoms with Gasteiger partial charge in [0.15, 0.2) is 0 Å². The lowest BCUT2D eigenvalue weighted by molar-refractivity contribution is 0.0697. The molecule has 3 aromatic rings. The van der Waals surface area contributed by atoms with Crippen LogP contribution in [-0.4, -0.2) is 29.1 Å². The Kier molecular flexibility index (Phi) is 3.94. The molecule has 1 N–H and O–H groups in total. The van der Waals surface area contributed by atoms with Crippen molar-refractivity contribution in [1.82, 2.24) is 4.98 Å². The van der Waals surface area contributed by atoms with Crippen molar-refractivity contribution < 1.29 is 9.90 Å². The summed E-state index contributed by atoms with van der Waals surface area (Å²) in [5.41, 5.74) is 2.25. The Morgan fingerprint density at radius 2 is 1.96 bits per heavy atom. The molecule has 1 aromatic heterocycles. The summed E-state index contributed by atoms with van der Waals surface area (Å²) in [4.78, 5) is 18.5. The van der Waals surface area contributed by atoms with Crippen molar-refractivity contribution >= 4 is 33.2 Å². The Labute approximate surface area is 144 Å². The number of aromatic carboxylic acids is 1. The van der Waals surface area contributed by atoms with Crippen molar-refractivity contribution in [3.8, 4) is 0 Å². The molecule has 1 aliphatic heterocycles. The summed E-state index contributed by atoms with van der Waals surface area (Å²) < 4.78 is 1.22. The van der Waals surface area contributed by atoms with Gasteiger partial charge in [-0.1, -0.05) is 24.3 Å². The molecule has 4 nitrogen and oxygen atoms in total. The third kappa shape index (κ3) is 2.76. The van der Waals surface area contributed by atoms with E-state index in [1.807, 2.05) is 24.3 Å². The minimum atomic E-state index is -0.868. The lowest BCUT2D eigenvalue weighted by atomic mass is 9.97. The highest BCUT2D eigenvalue weighted by atomic mass is 32.1. The van der Waals surface area contributed by atoms with Crippen molar-refractivity contribution in [1.29, 1.82) is 0 Å². The van der Waals surface area contributed by atoms with Gasteiger partial charge >= 0.3 is 5.97 Å². The first-order chi connectivity index (χ1) is 11.7. The maximum absolute atomic E-state index is 11.5. The molecule has 0 spiro atoms. The summed E-state index contributed by atoms with van der Waals surface area (Å²) in [6.45, 7) is 1.72. The number of fused-ring (bicyclic) bond motifs is 1. The smallest absolute Gasteiger partial charge is 0.337 e. The van der Waals surface area contributed by atoms with E-state index in [1.54, 1.807) is 23.5 Å². The minimum absolute atomic E-state index is 0.359. The van der Waals surface area contributed by atoms with Crippen LogP contribution in [-0.2, 0) is 0 Å². The van der Waals surface area contributed by atoms with E-state index in [0.29, 0.717) is 11.5 Å². The average molecular weight is 338 g/mol.